The Bertz CT molecular complexity index is 438. The number of rotatable bonds is 0. The highest BCUT2D eigenvalue weighted by atomic mass is 32.1. The molecule has 1 aromatic heterocycles. The van der Waals surface area contributed by atoms with E-state index in [1.165, 1.54) is 28.8 Å². The minimum absolute atomic E-state index is 0.00403. The summed E-state index contributed by atoms with van der Waals surface area (Å²) in [5, 5.41) is 11.0. The zero-order valence-electron chi connectivity index (χ0n) is 6.04. The SMILES string of the molecule is Nc1cc2c(F)csc2cc1O. The topological polar surface area (TPSA) is 46.2 Å². The van der Waals surface area contributed by atoms with Crippen LogP contribution in [0.3, 0.4) is 0 Å². The van der Waals surface area contributed by atoms with E-state index in [9.17, 15) is 9.50 Å². The summed E-state index contributed by atoms with van der Waals surface area (Å²) in [5.74, 6) is -0.286. The molecule has 62 valence electrons. The van der Waals surface area contributed by atoms with Gasteiger partial charge in [0, 0.05) is 15.5 Å². The lowest BCUT2D eigenvalue weighted by molar-refractivity contribution is 0.479. The number of aromatic hydroxyl groups is 1. The van der Waals surface area contributed by atoms with Crippen molar-refractivity contribution in [3.8, 4) is 5.75 Å². The van der Waals surface area contributed by atoms with Crippen LogP contribution in [0.1, 0.15) is 0 Å². The van der Waals surface area contributed by atoms with Crippen LogP contribution >= 0.6 is 11.3 Å². The number of phenolic OH excluding ortho intramolecular Hbond substituents is 1. The fourth-order valence-electron chi connectivity index (χ4n) is 1.05. The lowest BCUT2D eigenvalue weighted by atomic mass is 10.2. The van der Waals surface area contributed by atoms with E-state index in [1.807, 2.05) is 0 Å². The molecule has 0 aliphatic carbocycles. The molecule has 0 radical (unpaired) electrons. The van der Waals surface area contributed by atoms with E-state index in [4.69, 9.17) is 5.73 Å². The van der Waals surface area contributed by atoms with Gasteiger partial charge in [0.1, 0.15) is 11.6 Å². The summed E-state index contributed by atoms with van der Waals surface area (Å²) in [6.07, 6.45) is 0. The molecule has 0 unspecified atom stereocenters. The normalized spacial score (nSPS) is 10.8. The van der Waals surface area contributed by atoms with E-state index in [1.54, 1.807) is 0 Å². The largest absolute Gasteiger partial charge is 0.506 e. The summed E-state index contributed by atoms with van der Waals surface area (Å²) in [5.41, 5.74) is 5.61. The minimum atomic E-state index is -0.290. The molecule has 0 aliphatic heterocycles. The van der Waals surface area contributed by atoms with E-state index < -0.39 is 0 Å². The van der Waals surface area contributed by atoms with Crippen molar-refractivity contribution in [3.05, 3.63) is 23.3 Å². The van der Waals surface area contributed by atoms with Crippen LogP contribution in [0.15, 0.2) is 17.5 Å². The van der Waals surface area contributed by atoms with Gasteiger partial charge in [-0.15, -0.1) is 11.3 Å². The van der Waals surface area contributed by atoms with Crippen LogP contribution < -0.4 is 5.73 Å². The van der Waals surface area contributed by atoms with Crippen LogP contribution in [0.2, 0.25) is 0 Å². The smallest absolute Gasteiger partial charge is 0.141 e. The fourth-order valence-corrected chi connectivity index (χ4v) is 1.87. The molecule has 2 rings (SSSR count). The van der Waals surface area contributed by atoms with Crippen LogP contribution in [0.4, 0.5) is 10.1 Å². The van der Waals surface area contributed by atoms with Gasteiger partial charge in [0.2, 0.25) is 0 Å². The van der Waals surface area contributed by atoms with Gasteiger partial charge in [-0.3, -0.25) is 0 Å². The Morgan fingerprint density at radius 2 is 2.17 bits per heavy atom. The Morgan fingerprint density at radius 3 is 2.92 bits per heavy atom. The predicted molar refractivity (Wildman–Crippen MR) is 47.9 cm³/mol. The van der Waals surface area contributed by atoms with Crippen molar-refractivity contribution >= 4 is 27.1 Å². The molecule has 0 spiro atoms. The lowest BCUT2D eigenvalue weighted by Gasteiger charge is -1.97. The van der Waals surface area contributed by atoms with Crippen LogP contribution in [-0.4, -0.2) is 5.11 Å². The number of phenols is 1. The van der Waals surface area contributed by atoms with E-state index in [0.29, 0.717) is 10.1 Å². The van der Waals surface area contributed by atoms with E-state index >= 15 is 0 Å². The first-order chi connectivity index (χ1) is 5.68. The first kappa shape index (κ1) is 7.36. The standard InChI is InChI=1S/C8H6FNOS/c9-5-3-12-8-2-7(11)6(10)1-4(5)8/h1-3,11H,10H2. The molecular formula is C8H6FNOS. The Labute approximate surface area is 72.1 Å². The first-order valence-corrected chi connectivity index (χ1v) is 4.21. The third kappa shape index (κ3) is 0.921. The molecule has 3 N–H and O–H groups in total. The zero-order valence-corrected chi connectivity index (χ0v) is 6.86. The third-order valence-corrected chi connectivity index (χ3v) is 2.59. The molecule has 4 heteroatoms. The third-order valence-electron chi connectivity index (χ3n) is 1.68. The van der Waals surface area contributed by atoms with Gasteiger partial charge < -0.3 is 10.8 Å². The maximum atomic E-state index is 12.9. The van der Waals surface area contributed by atoms with Gasteiger partial charge in [-0.2, -0.15) is 0 Å². The highest BCUT2D eigenvalue weighted by Gasteiger charge is 2.06. The summed E-state index contributed by atoms with van der Waals surface area (Å²) in [6.45, 7) is 0. The van der Waals surface area contributed by atoms with Gasteiger partial charge in [0.15, 0.2) is 0 Å². The molecule has 2 nitrogen and oxygen atoms in total. The fraction of sp³-hybridized carbons (Fsp3) is 0. The molecule has 12 heavy (non-hydrogen) atoms. The Kier molecular flexibility index (Phi) is 1.44. The molecule has 0 fully saturated rings. The number of benzene rings is 1. The Balaban J connectivity index is 2.87. The number of fused-ring (bicyclic) bond motifs is 1. The molecular weight excluding hydrogens is 177 g/mol. The second-order valence-electron chi connectivity index (χ2n) is 2.49. The number of anilines is 1. The highest BCUT2D eigenvalue weighted by Crippen LogP contribution is 2.32. The van der Waals surface area contributed by atoms with Crippen LogP contribution in [0.5, 0.6) is 5.75 Å². The van der Waals surface area contributed by atoms with Crippen molar-refractivity contribution in [2.75, 3.05) is 5.73 Å². The first-order valence-electron chi connectivity index (χ1n) is 3.33. The molecule has 0 bridgehead atoms. The summed E-state index contributed by atoms with van der Waals surface area (Å²) in [4.78, 5) is 0. The second kappa shape index (κ2) is 2.35. The monoisotopic (exact) mass is 183 g/mol. The van der Waals surface area contributed by atoms with E-state index in [0.717, 1.165) is 0 Å². The van der Waals surface area contributed by atoms with Crippen LogP contribution in [0.25, 0.3) is 10.1 Å². The molecule has 0 aliphatic rings. The summed E-state index contributed by atoms with van der Waals surface area (Å²) in [7, 11) is 0. The van der Waals surface area contributed by atoms with Crippen molar-refractivity contribution in [1.29, 1.82) is 0 Å². The molecule has 2 aromatic rings. The molecule has 1 heterocycles. The molecule has 0 saturated heterocycles. The average Bonchev–Trinajstić information content (AvgIpc) is 2.35. The molecule has 0 saturated carbocycles. The summed E-state index contributed by atoms with van der Waals surface area (Å²) in [6, 6.07) is 2.91. The van der Waals surface area contributed by atoms with Gasteiger partial charge in [-0.05, 0) is 12.1 Å². The summed E-state index contributed by atoms with van der Waals surface area (Å²) < 4.78 is 13.6. The maximum absolute atomic E-state index is 12.9. The number of hydrogen-bond donors (Lipinski definition) is 2. The predicted octanol–water partition coefficient (Wildman–Crippen LogP) is 2.33. The van der Waals surface area contributed by atoms with Crippen LogP contribution in [0, 0.1) is 5.82 Å². The summed E-state index contributed by atoms with van der Waals surface area (Å²) >= 11 is 1.25. The van der Waals surface area contributed by atoms with Crippen molar-refractivity contribution in [3.63, 3.8) is 0 Å². The highest BCUT2D eigenvalue weighted by molar-refractivity contribution is 7.17. The van der Waals surface area contributed by atoms with E-state index in [-0.39, 0.29) is 17.3 Å². The Morgan fingerprint density at radius 1 is 1.42 bits per heavy atom. The van der Waals surface area contributed by atoms with Crippen molar-refractivity contribution in [2.45, 2.75) is 0 Å². The quantitative estimate of drug-likeness (QED) is 0.486. The Hall–Kier alpha value is -1.29. The van der Waals surface area contributed by atoms with Gasteiger partial charge in [-0.25, -0.2) is 4.39 Å². The number of hydrogen-bond acceptors (Lipinski definition) is 3. The number of nitrogens with two attached hydrogens (primary N) is 1. The maximum Gasteiger partial charge on any atom is 0.141 e. The molecule has 0 amide bonds. The number of halogens is 1. The molecule has 0 atom stereocenters. The minimum Gasteiger partial charge on any atom is -0.506 e. The number of thiophene rings is 1. The second-order valence-corrected chi connectivity index (χ2v) is 3.40. The molecule has 1 aromatic carbocycles. The van der Waals surface area contributed by atoms with Gasteiger partial charge in [0.25, 0.3) is 0 Å². The van der Waals surface area contributed by atoms with Crippen LogP contribution in [-0.2, 0) is 0 Å². The lowest BCUT2D eigenvalue weighted by Crippen LogP contribution is -1.84. The van der Waals surface area contributed by atoms with Crippen molar-refractivity contribution in [2.24, 2.45) is 0 Å². The average molecular weight is 183 g/mol. The van der Waals surface area contributed by atoms with Gasteiger partial charge >= 0.3 is 0 Å². The van der Waals surface area contributed by atoms with Crippen molar-refractivity contribution < 1.29 is 9.50 Å². The number of nitrogen functional groups attached to an aromatic ring is 1. The van der Waals surface area contributed by atoms with Gasteiger partial charge in [-0.1, -0.05) is 0 Å². The van der Waals surface area contributed by atoms with Gasteiger partial charge in [0.05, 0.1) is 5.69 Å². The zero-order chi connectivity index (χ0) is 8.72. The van der Waals surface area contributed by atoms with Crippen molar-refractivity contribution in [1.82, 2.24) is 0 Å². The van der Waals surface area contributed by atoms with E-state index in [2.05, 4.69) is 0 Å².